The Labute approximate surface area is 160 Å². The molecule has 2 aromatic carbocycles. The Kier molecular flexibility index (Phi) is 4.00. The molecular weight excluding hydrogens is 356 g/mol. The van der Waals surface area contributed by atoms with E-state index in [9.17, 15) is 9.59 Å². The highest BCUT2D eigenvalue weighted by Gasteiger charge is 2.28. The Morgan fingerprint density at radius 1 is 1.18 bits per heavy atom. The fourth-order valence-electron chi connectivity index (χ4n) is 3.97. The lowest BCUT2D eigenvalue weighted by Crippen LogP contribution is -2.42. The van der Waals surface area contributed by atoms with E-state index < -0.39 is 0 Å². The van der Waals surface area contributed by atoms with E-state index >= 15 is 0 Å². The first-order valence-corrected chi connectivity index (χ1v) is 9.50. The number of para-hydroxylation sites is 4. The first-order valence-electron chi connectivity index (χ1n) is 9.50. The van der Waals surface area contributed by atoms with Gasteiger partial charge in [-0.25, -0.2) is 9.78 Å². The third kappa shape index (κ3) is 2.89. The van der Waals surface area contributed by atoms with E-state index in [1.54, 1.807) is 0 Å². The Balaban J connectivity index is 1.36. The smallest absolute Gasteiger partial charge is 0.326 e. The molecule has 1 atom stereocenters. The molecule has 0 aliphatic carbocycles. The summed E-state index contributed by atoms with van der Waals surface area (Å²) in [5.41, 5.74) is 2.83. The van der Waals surface area contributed by atoms with Gasteiger partial charge >= 0.3 is 5.69 Å². The molecule has 7 nitrogen and oxygen atoms in total. The second kappa shape index (κ2) is 6.67. The van der Waals surface area contributed by atoms with E-state index in [1.165, 1.54) is 4.57 Å². The summed E-state index contributed by atoms with van der Waals surface area (Å²) in [4.78, 5) is 34.4. The molecule has 1 aliphatic rings. The van der Waals surface area contributed by atoms with Crippen molar-refractivity contribution in [2.45, 2.75) is 25.3 Å². The van der Waals surface area contributed by atoms with Crippen LogP contribution in [0.15, 0.2) is 57.7 Å². The highest BCUT2D eigenvalue weighted by Crippen LogP contribution is 2.29. The van der Waals surface area contributed by atoms with Crippen LogP contribution in [-0.2, 0) is 11.3 Å². The molecule has 1 aliphatic heterocycles. The number of oxazole rings is 1. The number of amides is 1. The van der Waals surface area contributed by atoms with Gasteiger partial charge in [-0.05, 0) is 37.1 Å². The minimum absolute atomic E-state index is 0.0309. The molecule has 0 radical (unpaired) electrons. The largest absolute Gasteiger partial charge is 0.440 e. The van der Waals surface area contributed by atoms with Crippen molar-refractivity contribution in [1.29, 1.82) is 0 Å². The maximum absolute atomic E-state index is 12.9. The molecule has 142 valence electrons. The molecule has 1 N–H and O–H groups in total. The van der Waals surface area contributed by atoms with Crippen molar-refractivity contribution in [2.24, 2.45) is 0 Å². The zero-order valence-corrected chi connectivity index (χ0v) is 15.3. The van der Waals surface area contributed by atoms with Crippen LogP contribution in [0.1, 0.15) is 24.7 Å². The van der Waals surface area contributed by atoms with E-state index in [-0.39, 0.29) is 24.1 Å². The van der Waals surface area contributed by atoms with E-state index in [0.29, 0.717) is 19.0 Å². The average Bonchev–Trinajstić information content (AvgIpc) is 3.29. The number of hydrogen-bond acceptors (Lipinski definition) is 4. The van der Waals surface area contributed by atoms with E-state index in [4.69, 9.17) is 4.42 Å². The lowest BCUT2D eigenvalue weighted by atomic mass is 9.98. The average molecular weight is 376 g/mol. The lowest BCUT2D eigenvalue weighted by molar-refractivity contribution is -0.133. The number of likely N-dealkylation sites (tertiary alicyclic amines) is 1. The molecule has 1 amide bonds. The molecule has 7 heteroatoms. The molecule has 1 fully saturated rings. The third-order valence-electron chi connectivity index (χ3n) is 5.41. The van der Waals surface area contributed by atoms with Crippen LogP contribution in [0.3, 0.4) is 0 Å². The standard InChI is InChI=1S/C21H20N4O3/c26-19(13-25-17-9-3-1-7-15(17)23-21(25)27)24-11-5-6-14(12-24)20-22-16-8-2-4-10-18(16)28-20/h1-4,7-10,14H,5-6,11-13H2,(H,23,27)/t14-/m1/s1. The number of carbonyl (C=O) groups excluding carboxylic acids is 1. The van der Waals surface area contributed by atoms with Crippen LogP contribution in [0, 0.1) is 0 Å². The second-order valence-electron chi connectivity index (χ2n) is 7.23. The van der Waals surface area contributed by atoms with Crippen LogP contribution in [0.5, 0.6) is 0 Å². The SMILES string of the molecule is O=C(Cn1c(=O)[nH]c2ccccc21)N1CCC[C@@H](c2nc3ccccc3o2)C1. The van der Waals surface area contributed by atoms with Crippen molar-refractivity contribution >= 4 is 28.0 Å². The van der Waals surface area contributed by atoms with E-state index in [2.05, 4.69) is 9.97 Å². The number of rotatable bonds is 3. The number of imidazole rings is 1. The van der Waals surface area contributed by atoms with Crippen molar-refractivity contribution in [1.82, 2.24) is 19.4 Å². The highest BCUT2D eigenvalue weighted by atomic mass is 16.3. The Bertz CT molecular complexity index is 1190. The number of H-pyrrole nitrogens is 1. The van der Waals surface area contributed by atoms with Crippen molar-refractivity contribution in [2.75, 3.05) is 13.1 Å². The van der Waals surface area contributed by atoms with Gasteiger partial charge in [0.1, 0.15) is 12.1 Å². The van der Waals surface area contributed by atoms with Crippen molar-refractivity contribution in [3.05, 3.63) is 64.9 Å². The second-order valence-corrected chi connectivity index (χ2v) is 7.23. The number of aromatic nitrogens is 3. The lowest BCUT2D eigenvalue weighted by Gasteiger charge is -2.31. The molecular formula is C21H20N4O3. The quantitative estimate of drug-likeness (QED) is 0.596. The number of benzene rings is 2. The van der Waals surface area contributed by atoms with Gasteiger partial charge in [0.2, 0.25) is 5.91 Å². The number of carbonyl (C=O) groups is 1. The Morgan fingerprint density at radius 3 is 2.89 bits per heavy atom. The fourth-order valence-corrected chi connectivity index (χ4v) is 3.97. The summed E-state index contributed by atoms with van der Waals surface area (Å²) in [5.74, 6) is 0.695. The summed E-state index contributed by atoms with van der Waals surface area (Å²) in [7, 11) is 0. The van der Waals surface area contributed by atoms with Gasteiger partial charge < -0.3 is 14.3 Å². The van der Waals surface area contributed by atoms with Gasteiger partial charge in [-0.2, -0.15) is 0 Å². The fraction of sp³-hybridized carbons (Fsp3) is 0.286. The van der Waals surface area contributed by atoms with Crippen LogP contribution in [0.25, 0.3) is 22.1 Å². The molecule has 1 saturated heterocycles. The van der Waals surface area contributed by atoms with Gasteiger partial charge in [-0.15, -0.1) is 0 Å². The predicted octanol–water partition coefficient (Wildman–Crippen LogP) is 2.88. The molecule has 0 saturated carbocycles. The third-order valence-corrected chi connectivity index (χ3v) is 5.41. The molecule has 3 heterocycles. The van der Waals surface area contributed by atoms with Gasteiger partial charge in [0.25, 0.3) is 0 Å². The Hall–Kier alpha value is -3.35. The van der Waals surface area contributed by atoms with Crippen LogP contribution in [-0.4, -0.2) is 38.4 Å². The van der Waals surface area contributed by atoms with Crippen LogP contribution < -0.4 is 5.69 Å². The number of nitrogens with zero attached hydrogens (tertiary/aromatic N) is 3. The normalized spacial score (nSPS) is 17.4. The zero-order chi connectivity index (χ0) is 19.1. The van der Waals surface area contributed by atoms with E-state index in [1.807, 2.05) is 53.4 Å². The maximum Gasteiger partial charge on any atom is 0.326 e. The summed E-state index contributed by atoms with van der Waals surface area (Å²) in [6.45, 7) is 1.28. The molecule has 4 aromatic rings. The summed E-state index contributed by atoms with van der Waals surface area (Å²) in [6.07, 6.45) is 1.82. The minimum Gasteiger partial charge on any atom is -0.440 e. The topological polar surface area (TPSA) is 84.1 Å². The molecule has 5 rings (SSSR count). The maximum atomic E-state index is 12.9. The highest BCUT2D eigenvalue weighted by molar-refractivity contribution is 5.80. The number of nitrogens with one attached hydrogen (secondary N) is 1. The Morgan fingerprint density at radius 2 is 2.00 bits per heavy atom. The van der Waals surface area contributed by atoms with Crippen molar-refractivity contribution in [3.63, 3.8) is 0 Å². The van der Waals surface area contributed by atoms with Gasteiger partial charge in [-0.1, -0.05) is 24.3 Å². The summed E-state index contributed by atoms with van der Waals surface area (Å²) < 4.78 is 7.41. The minimum atomic E-state index is -0.262. The summed E-state index contributed by atoms with van der Waals surface area (Å²) in [6, 6.07) is 15.1. The van der Waals surface area contributed by atoms with Crippen molar-refractivity contribution in [3.8, 4) is 0 Å². The first-order chi connectivity index (χ1) is 13.7. The number of hydrogen-bond donors (Lipinski definition) is 1. The number of piperidine rings is 1. The molecule has 0 spiro atoms. The van der Waals surface area contributed by atoms with Crippen LogP contribution >= 0.6 is 0 Å². The van der Waals surface area contributed by atoms with Gasteiger partial charge in [0, 0.05) is 13.1 Å². The summed E-state index contributed by atoms with van der Waals surface area (Å²) in [5, 5.41) is 0. The van der Waals surface area contributed by atoms with Crippen LogP contribution in [0.4, 0.5) is 0 Å². The molecule has 2 aromatic heterocycles. The van der Waals surface area contributed by atoms with E-state index in [0.717, 1.165) is 35.0 Å². The zero-order valence-electron chi connectivity index (χ0n) is 15.3. The number of fused-ring (bicyclic) bond motifs is 2. The molecule has 0 unspecified atom stereocenters. The van der Waals surface area contributed by atoms with Gasteiger partial charge in [0.15, 0.2) is 11.5 Å². The predicted molar refractivity (Wildman–Crippen MR) is 105 cm³/mol. The number of aromatic amines is 1. The van der Waals surface area contributed by atoms with Gasteiger partial charge in [0.05, 0.1) is 17.0 Å². The van der Waals surface area contributed by atoms with Crippen LogP contribution in [0.2, 0.25) is 0 Å². The molecule has 28 heavy (non-hydrogen) atoms. The van der Waals surface area contributed by atoms with Gasteiger partial charge in [-0.3, -0.25) is 9.36 Å². The monoisotopic (exact) mass is 376 g/mol. The first kappa shape index (κ1) is 16.8. The van der Waals surface area contributed by atoms with Crippen molar-refractivity contribution < 1.29 is 9.21 Å². The summed E-state index contributed by atoms with van der Waals surface area (Å²) >= 11 is 0. The molecule has 0 bridgehead atoms.